The lowest BCUT2D eigenvalue weighted by atomic mass is 9.52. The fraction of sp³-hybridized carbons (Fsp3) is 0.500. The third-order valence-corrected chi connectivity index (χ3v) is 5.80. The summed E-state index contributed by atoms with van der Waals surface area (Å²) in [5.41, 5.74) is 0.550. The first-order valence-electron chi connectivity index (χ1n) is 6.01. The van der Waals surface area contributed by atoms with E-state index in [-0.39, 0.29) is 4.75 Å². The molecule has 0 aromatic heterocycles. The first kappa shape index (κ1) is 11.6. The molecule has 2 aliphatic rings. The maximum absolute atomic E-state index is 9.44. The Hall–Kier alpha value is -0.460. The molecular weight excluding hydrogens is 294 g/mol. The van der Waals surface area contributed by atoms with Crippen LogP contribution >= 0.6 is 27.7 Å². The van der Waals surface area contributed by atoms with E-state index in [9.17, 15) is 5.26 Å². The highest BCUT2D eigenvalue weighted by atomic mass is 79.9. The molecule has 0 bridgehead atoms. The van der Waals surface area contributed by atoms with E-state index < -0.39 is 0 Å². The van der Waals surface area contributed by atoms with Crippen molar-refractivity contribution in [1.82, 2.24) is 0 Å². The predicted octanol–water partition coefficient (Wildman–Crippen LogP) is 4.77. The van der Waals surface area contributed by atoms with Crippen molar-refractivity contribution >= 4 is 27.7 Å². The molecule has 2 fully saturated rings. The molecule has 3 rings (SSSR count). The van der Waals surface area contributed by atoms with Gasteiger partial charge >= 0.3 is 0 Å². The molecule has 0 saturated heterocycles. The standard InChI is InChI=1S/C14H14BrNS/c15-11-3-1-4-12(7-11)17-14(10-16)8-13(9-14)5-2-6-13/h1,3-4,7H,2,5-6,8-9H2. The Morgan fingerprint density at radius 2 is 2.06 bits per heavy atom. The zero-order chi connectivity index (χ0) is 11.9. The minimum atomic E-state index is -0.152. The summed E-state index contributed by atoms with van der Waals surface area (Å²) in [5, 5.41) is 9.44. The Morgan fingerprint density at radius 3 is 2.59 bits per heavy atom. The molecular formula is C14H14BrNS. The van der Waals surface area contributed by atoms with Gasteiger partial charge in [0, 0.05) is 9.37 Å². The van der Waals surface area contributed by atoms with E-state index in [1.165, 1.54) is 24.2 Å². The number of rotatable bonds is 2. The molecule has 1 spiro atoms. The summed E-state index contributed by atoms with van der Waals surface area (Å²) < 4.78 is 0.939. The molecule has 0 radical (unpaired) electrons. The van der Waals surface area contributed by atoms with Crippen molar-refractivity contribution in [1.29, 1.82) is 5.26 Å². The lowest BCUT2D eigenvalue weighted by Gasteiger charge is -2.57. The number of hydrogen-bond donors (Lipinski definition) is 0. The van der Waals surface area contributed by atoms with Crippen LogP contribution in [0, 0.1) is 16.7 Å². The molecule has 88 valence electrons. The fourth-order valence-corrected chi connectivity index (χ4v) is 5.26. The Balaban J connectivity index is 1.74. The second kappa shape index (κ2) is 4.03. The van der Waals surface area contributed by atoms with Crippen molar-refractivity contribution in [3.05, 3.63) is 28.7 Å². The fourth-order valence-electron chi connectivity index (χ4n) is 3.12. The number of hydrogen-bond acceptors (Lipinski definition) is 2. The summed E-state index contributed by atoms with van der Waals surface area (Å²) in [5.74, 6) is 0. The van der Waals surface area contributed by atoms with E-state index in [1.807, 2.05) is 12.1 Å². The van der Waals surface area contributed by atoms with E-state index >= 15 is 0 Å². The maximum Gasteiger partial charge on any atom is 0.108 e. The van der Waals surface area contributed by atoms with Crippen LogP contribution < -0.4 is 0 Å². The highest BCUT2D eigenvalue weighted by Gasteiger charge is 2.58. The zero-order valence-electron chi connectivity index (χ0n) is 9.58. The van der Waals surface area contributed by atoms with Crippen molar-refractivity contribution in [3.63, 3.8) is 0 Å². The number of benzene rings is 1. The molecule has 0 unspecified atom stereocenters. The second-order valence-electron chi connectivity index (χ2n) is 5.37. The molecule has 1 aromatic carbocycles. The molecule has 0 heterocycles. The van der Waals surface area contributed by atoms with Crippen LogP contribution in [0.25, 0.3) is 0 Å². The lowest BCUT2D eigenvalue weighted by Crippen LogP contribution is -2.52. The summed E-state index contributed by atoms with van der Waals surface area (Å²) in [7, 11) is 0. The van der Waals surface area contributed by atoms with Gasteiger partial charge in [-0.25, -0.2) is 0 Å². The van der Waals surface area contributed by atoms with Gasteiger partial charge in [0.15, 0.2) is 0 Å². The molecule has 17 heavy (non-hydrogen) atoms. The lowest BCUT2D eigenvalue weighted by molar-refractivity contribution is 0.0152. The minimum absolute atomic E-state index is 0.152. The summed E-state index contributed by atoms with van der Waals surface area (Å²) in [4.78, 5) is 1.20. The topological polar surface area (TPSA) is 23.8 Å². The summed E-state index contributed by atoms with van der Waals surface area (Å²) >= 11 is 5.23. The van der Waals surface area contributed by atoms with Gasteiger partial charge in [0.2, 0.25) is 0 Å². The zero-order valence-corrected chi connectivity index (χ0v) is 12.0. The first-order valence-corrected chi connectivity index (χ1v) is 7.62. The van der Waals surface area contributed by atoms with Crippen molar-refractivity contribution < 1.29 is 0 Å². The first-order chi connectivity index (χ1) is 8.15. The van der Waals surface area contributed by atoms with Gasteiger partial charge in [-0.3, -0.25) is 0 Å². The third-order valence-electron chi connectivity index (χ3n) is 4.05. The average Bonchev–Trinajstić information content (AvgIpc) is 2.20. The number of nitriles is 1. The van der Waals surface area contributed by atoms with E-state index in [4.69, 9.17) is 0 Å². The Kier molecular flexibility index (Phi) is 2.76. The molecule has 2 aliphatic carbocycles. The number of halogens is 1. The maximum atomic E-state index is 9.44. The number of nitrogens with zero attached hydrogens (tertiary/aromatic N) is 1. The Morgan fingerprint density at radius 1 is 1.29 bits per heavy atom. The van der Waals surface area contributed by atoms with Crippen LogP contribution in [-0.4, -0.2) is 4.75 Å². The predicted molar refractivity (Wildman–Crippen MR) is 73.9 cm³/mol. The van der Waals surface area contributed by atoms with Gasteiger partial charge < -0.3 is 0 Å². The smallest absolute Gasteiger partial charge is 0.108 e. The van der Waals surface area contributed by atoms with Crippen molar-refractivity contribution in [2.75, 3.05) is 0 Å². The van der Waals surface area contributed by atoms with E-state index in [1.54, 1.807) is 11.8 Å². The van der Waals surface area contributed by atoms with Gasteiger partial charge in [-0.2, -0.15) is 5.26 Å². The Bertz CT molecular complexity index is 479. The molecule has 2 saturated carbocycles. The second-order valence-corrected chi connectivity index (χ2v) is 7.75. The van der Waals surface area contributed by atoms with Gasteiger partial charge in [-0.1, -0.05) is 28.4 Å². The van der Waals surface area contributed by atoms with E-state index in [2.05, 4.69) is 34.1 Å². The third kappa shape index (κ3) is 2.02. The average molecular weight is 308 g/mol. The van der Waals surface area contributed by atoms with Crippen molar-refractivity contribution in [2.24, 2.45) is 5.41 Å². The van der Waals surface area contributed by atoms with Crippen LogP contribution in [-0.2, 0) is 0 Å². The monoisotopic (exact) mass is 307 g/mol. The number of thioether (sulfide) groups is 1. The largest absolute Gasteiger partial charge is 0.197 e. The van der Waals surface area contributed by atoms with Gasteiger partial charge in [-0.05, 0) is 49.3 Å². The molecule has 0 aliphatic heterocycles. The molecule has 0 atom stereocenters. The highest BCUT2D eigenvalue weighted by Crippen LogP contribution is 2.65. The van der Waals surface area contributed by atoms with Gasteiger partial charge in [0.1, 0.15) is 4.75 Å². The van der Waals surface area contributed by atoms with Crippen molar-refractivity contribution in [2.45, 2.75) is 41.7 Å². The summed E-state index contributed by atoms with van der Waals surface area (Å²) in [6, 6.07) is 10.8. The van der Waals surface area contributed by atoms with Crippen LogP contribution in [0.15, 0.2) is 33.6 Å². The van der Waals surface area contributed by atoms with Crippen molar-refractivity contribution in [3.8, 4) is 6.07 Å². The minimum Gasteiger partial charge on any atom is -0.197 e. The highest BCUT2D eigenvalue weighted by molar-refractivity contribution is 9.10. The Labute approximate surface area is 115 Å². The van der Waals surface area contributed by atoms with Crippen LogP contribution in [0.1, 0.15) is 32.1 Å². The molecule has 1 nitrogen and oxygen atoms in total. The van der Waals surface area contributed by atoms with Crippen LogP contribution in [0.3, 0.4) is 0 Å². The SMILES string of the molecule is N#CC1(Sc2cccc(Br)c2)CC2(CCC2)C1. The van der Waals surface area contributed by atoms with Crippen LogP contribution in [0.5, 0.6) is 0 Å². The van der Waals surface area contributed by atoms with Gasteiger partial charge in [-0.15, -0.1) is 11.8 Å². The summed E-state index contributed by atoms with van der Waals surface area (Å²) in [6.45, 7) is 0. The molecule has 0 amide bonds. The summed E-state index contributed by atoms with van der Waals surface area (Å²) in [6.07, 6.45) is 6.23. The molecule has 0 N–H and O–H groups in total. The molecule has 1 aromatic rings. The quantitative estimate of drug-likeness (QED) is 0.786. The van der Waals surface area contributed by atoms with E-state index in [0.717, 1.165) is 17.3 Å². The molecule has 3 heteroatoms. The van der Waals surface area contributed by atoms with Crippen LogP contribution in [0.2, 0.25) is 0 Å². The van der Waals surface area contributed by atoms with Gasteiger partial charge in [0.05, 0.1) is 6.07 Å². The van der Waals surface area contributed by atoms with Crippen LogP contribution in [0.4, 0.5) is 0 Å². The van der Waals surface area contributed by atoms with E-state index in [0.29, 0.717) is 5.41 Å². The van der Waals surface area contributed by atoms with Gasteiger partial charge in [0.25, 0.3) is 0 Å². The normalized spacial score (nSPS) is 23.5.